The van der Waals surface area contributed by atoms with Crippen LogP contribution in [0, 0.1) is 6.92 Å². The molecule has 0 unspecified atom stereocenters. The molecule has 0 spiro atoms. The van der Waals surface area contributed by atoms with Crippen molar-refractivity contribution in [3.63, 3.8) is 0 Å². The highest BCUT2D eigenvalue weighted by Crippen LogP contribution is 2.21. The molecule has 0 aromatic heterocycles. The van der Waals surface area contributed by atoms with Gasteiger partial charge in [-0.3, -0.25) is 9.69 Å². The maximum Gasteiger partial charge on any atom is 0.178 e. The zero-order chi connectivity index (χ0) is 14.8. The molecule has 21 heavy (non-hydrogen) atoms. The number of fused-ring (bicyclic) bond motifs is 1. The van der Waals surface area contributed by atoms with Crippen LogP contribution in [0.2, 0.25) is 5.02 Å². The van der Waals surface area contributed by atoms with Gasteiger partial charge in [0.15, 0.2) is 5.78 Å². The van der Waals surface area contributed by atoms with Crippen molar-refractivity contribution < 1.29 is 4.79 Å². The molecule has 3 heteroatoms. The third-order valence-electron chi connectivity index (χ3n) is 4.00. The Balaban J connectivity index is 1.73. The van der Waals surface area contributed by atoms with Crippen LogP contribution in [-0.4, -0.2) is 23.8 Å². The minimum absolute atomic E-state index is 0.100. The average molecular weight is 300 g/mol. The monoisotopic (exact) mass is 299 g/mol. The van der Waals surface area contributed by atoms with E-state index in [1.54, 1.807) is 6.07 Å². The Kier molecular flexibility index (Phi) is 4.09. The predicted molar refractivity (Wildman–Crippen MR) is 85.9 cm³/mol. The number of hydrogen-bond acceptors (Lipinski definition) is 2. The van der Waals surface area contributed by atoms with E-state index >= 15 is 0 Å². The van der Waals surface area contributed by atoms with Gasteiger partial charge < -0.3 is 0 Å². The van der Waals surface area contributed by atoms with E-state index in [-0.39, 0.29) is 5.78 Å². The van der Waals surface area contributed by atoms with E-state index in [4.69, 9.17) is 11.6 Å². The first kappa shape index (κ1) is 14.3. The highest BCUT2D eigenvalue weighted by molar-refractivity contribution is 6.34. The predicted octanol–water partition coefficient (Wildman–Crippen LogP) is 3.89. The van der Waals surface area contributed by atoms with Crippen LogP contribution in [0.1, 0.15) is 27.0 Å². The summed E-state index contributed by atoms with van der Waals surface area (Å²) in [7, 11) is 0. The molecule has 1 heterocycles. The molecule has 0 atom stereocenters. The molecule has 0 saturated carbocycles. The number of halogens is 1. The molecule has 0 bridgehead atoms. The summed E-state index contributed by atoms with van der Waals surface area (Å²) in [6, 6.07) is 14.1. The van der Waals surface area contributed by atoms with Gasteiger partial charge in [0.2, 0.25) is 0 Å². The second kappa shape index (κ2) is 6.00. The van der Waals surface area contributed by atoms with Crippen molar-refractivity contribution >= 4 is 17.4 Å². The molecule has 2 aromatic carbocycles. The Bertz CT molecular complexity index is 681. The first-order valence-corrected chi connectivity index (χ1v) is 7.60. The molecular formula is C18H18ClNO. The summed E-state index contributed by atoms with van der Waals surface area (Å²) < 4.78 is 0. The fourth-order valence-electron chi connectivity index (χ4n) is 2.83. The zero-order valence-electron chi connectivity index (χ0n) is 12.1. The highest BCUT2D eigenvalue weighted by atomic mass is 35.5. The van der Waals surface area contributed by atoms with Crippen LogP contribution in [-0.2, 0) is 13.0 Å². The Morgan fingerprint density at radius 2 is 1.95 bits per heavy atom. The molecule has 108 valence electrons. The number of hydrogen-bond donors (Lipinski definition) is 0. The molecule has 0 amide bonds. The summed E-state index contributed by atoms with van der Waals surface area (Å²) in [5.41, 5.74) is 4.42. The van der Waals surface area contributed by atoms with Gasteiger partial charge >= 0.3 is 0 Å². The molecule has 0 saturated heterocycles. The van der Waals surface area contributed by atoms with E-state index < -0.39 is 0 Å². The number of carbonyl (C=O) groups is 1. The number of carbonyl (C=O) groups excluding carboxylic acids is 1. The van der Waals surface area contributed by atoms with E-state index in [9.17, 15) is 4.79 Å². The van der Waals surface area contributed by atoms with Crippen LogP contribution in [0.3, 0.4) is 0 Å². The van der Waals surface area contributed by atoms with Gasteiger partial charge in [-0.25, -0.2) is 0 Å². The second-order valence-electron chi connectivity index (χ2n) is 5.64. The van der Waals surface area contributed by atoms with Crippen molar-refractivity contribution in [3.05, 3.63) is 69.7 Å². The number of ketones is 1. The van der Waals surface area contributed by atoms with Gasteiger partial charge in [0.25, 0.3) is 0 Å². The molecule has 0 aliphatic carbocycles. The number of nitrogens with zero attached hydrogens (tertiary/aromatic N) is 1. The van der Waals surface area contributed by atoms with Gasteiger partial charge in [0.1, 0.15) is 0 Å². The minimum atomic E-state index is 0.100. The normalized spacial score (nSPS) is 14.8. The summed E-state index contributed by atoms with van der Waals surface area (Å²) in [5.74, 6) is 0.100. The maximum atomic E-state index is 12.5. The lowest BCUT2D eigenvalue weighted by Gasteiger charge is -2.28. The summed E-state index contributed by atoms with van der Waals surface area (Å²) in [5, 5.41) is 0.544. The van der Waals surface area contributed by atoms with Gasteiger partial charge in [-0.15, -0.1) is 0 Å². The fraction of sp³-hybridized carbons (Fsp3) is 0.278. The molecule has 2 aromatic rings. The minimum Gasteiger partial charge on any atom is -0.293 e. The van der Waals surface area contributed by atoms with Crippen molar-refractivity contribution in [1.29, 1.82) is 0 Å². The van der Waals surface area contributed by atoms with E-state index in [2.05, 4.69) is 29.2 Å². The molecular weight excluding hydrogens is 282 g/mol. The average Bonchev–Trinajstić information content (AvgIpc) is 2.49. The van der Waals surface area contributed by atoms with Crippen LogP contribution < -0.4 is 0 Å². The topological polar surface area (TPSA) is 20.3 Å². The first-order chi connectivity index (χ1) is 10.1. The summed E-state index contributed by atoms with van der Waals surface area (Å²) in [4.78, 5) is 14.7. The van der Waals surface area contributed by atoms with Gasteiger partial charge in [0, 0.05) is 18.7 Å². The molecule has 0 fully saturated rings. The lowest BCUT2D eigenvalue weighted by Crippen LogP contribution is -2.34. The number of aryl methyl sites for hydroxylation is 1. The van der Waals surface area contributed by atoms with Crippen LogP contribution in [0.25, 0.3) is 0 Å². The number of benzene rings is 2. The van der Waals surface area contributed by atoms with Crippen LogP contribution in [0.15, 0.2) is 42.5 Å². The largest absolute Gasteiger partial charge is 0.293 e. The Labute approximate surface area is 130 Å². The summed E-state index contributed by atoms with van der Waals surface area (Å²) in [6.07, 6.45) is 1.00. The quantitative estimate of drug-likeness (QED) is 0.801. The van der Waals surface area contributed by atoms with Gasteiger partial charge in [-0.2, -0.15) is 0 Å². The molecule has 2 nitrogen and oxygen atoms in total. The second-order valence-corrected chi connectivity index (χ2v) is 6.04. The van der Waals surface area contributed by atoms with Gasteiger partial charge in [-0.1, -0.05) is 47.5 Å². The van der Waals surface area contributed by atoms with Gasteiger partial charge in [-0.05, 0) is 36.6 Å². The SMILES string of the molecule is Cc1ccc(Cl)c(C(=O)CN2CCc3ccccc3C2)c1. The zero-order valence-corrected chi connectivity index (χ0v) is 12.9. The van der Waals surface area contributed by atoms with E-state index in [0.717, 1.165) is 25.1 Å². The Morgan fingerprint density at radius 1 is 1.19 bits per heavy atom. The highest BCUT2D eigenvalue weighted by Gasteiger charge is 2.19. The van der Waals surface area contributed by atoms with E-state index in [0.29, 0.717) is 17.1 Å². The number of Topliss-reactive ketones (excluding diaryl/α,β-unsaturated/α-hetero) is 1. The third kappa shape index (κ3) is 3.17. The van der Waals surface area contributed by atoms with Crippen molar-refractivity contribution in [3.8, 4) is 0 Å². The lowest BCUT2D eigenvalue weighted by molar-refractivity contribution is 0.0921. The van der Waals surface area contributed by atoms with Crippen molar-refractivity contribution in [2.75, 3.05) is 13.1 Å². The molecule has 3 rings (SSSR count). The lowest BCUT2D eigenvalue weighted by atomic mass is 9.99. The number of rotatable bonds is 3. The summed E-state index contributed by atoms with van der Waals surface area (Å²) in [6.45, 7) is 4.17. The van der Waals surface area contributed by atoms with Crippen LogP contribution >= 0.6 is 11.6 Å². The van der Waals surface area contributed by atoms with E-state index in [1.165, 1.54) is 11.1 Å². The molecule has 1 aliphatic heterocycles. The van der Waals surface area contributed by atoms with Crippen LogP contribution in [0.5, 0.6) is 0 Å². The molecule has 0 radical (unpaired) electrons. The summed E-state index contributed by atoms with van der Waals surface area (Å²) >= 11 is 6.15. The standard InChI is InChI=1S/C18H18ClNO/c1-13-6-7-17(19)16(10-13)18(21)12-20-9-8-14-4-2-3-5-15(14)11-20/h2-7,10H,8-9,11-12H2,1H3. The van der Waals surface area contributed by atoms with Crippen molar-refractivity contribution in [2.45, 2.75) is 19.9 Å². The van der Waals surface area contributed by atoms with Crippen molar-refractivity contribution in [2.24, 2.45) is 0 Å². The molecule has 1 aliphatic rings. The first-order valence-electron chi connectivity index (χ1n) is 7.22. The third-order valence-corrected chi connectivity index (χ3v) is 4.33. The Morgan fingerprint density at radius 3 is 2.76 bits per heavy atom. The Hall–Kier alpha value is -1.64. The van der Waals surface area contributed by atoms with E-state index in [1.807, 2.05) is 19.1 Å². The molecule has 0 N–H and O–H groups in total. The van der Waals surface area contributed by atoms with Crippen molar-refractivity contribution in [1.82, 2.24) is 4.90 Å². The van der Waals surface area contributed by atoms with Crippen LogP contribution in [0.4, 0.5) is 0 Å². The smallest absolute Gasteiger partial charge is 0.178 e. The maximum absolute atomic E-state index is 12.5. The van der Waals surface area contributed by atoms with Gasteiger partial charge in [0.05, 0.1) is 11.6 Å². The fourth-order valence-corrected chi connectivity index (χ4v) is 3.05.